The summed E-state index contributed by atoms with van der Waals surface area (Å²) in [6.07, 6.45) is 3.78. The molecule has 5 nitrogen and oxygen atoms in total. The number of aromatic nitrogens is 1. The minimum Gasteiger partial charge on any atom is -0.454 e. The van der Waals surface area contributed by atoms with Gasteiger partial charge in [0.05, 0.1) is 11.8 Å². The molecule has 23 heavy (non-hydrogen) atoms. The van der Waals surface area contributed by atoms with Crippen molar-refractivity contribution in [2.75, 3.05) is 6.79 Å². The van der Waals surface area contributed by atoms with Gasteiger partial charge in [-0.2, -0.15) is 0 Å². The monoisotopic (exact) mass is 332 g/mol. The average molecular weight is 332 g/mol. The highest BCUT2D eigenvalue weighted by Gasteiger charge is 2.19. The smallest absolute Gasteiger partial charge is 0.231 e. The molecule has 6 heteroatoms. The number of nitrogens with zero attached hydrogens (tertiary/aromatic N) is 1. The Hall–Kier alpha value is -1.63. The van der Waals surface area contributed by atoms with E-state index in [4.69, 9.17) is 14.5 Å². The Morgan fingerprint density at radius 3 is 2.87 bits per heavy atom. The van der Waals surface area contributed by atoms with Crippen molar-refractivity contribution in [3.63, 3.8) is 0 Å². The second-order valence-corrected chi connectivity index (χ2v) is 6.96. The highest BCUT2D eigenvalue weighted by atomic mass is 32.1. The van der Waals surface area contributed by atoms with Crippen LogP contribution in [0.15, 0.2) is 23.6 Å². The number of hydrogen-bond donors (Lipinski definition) is 2. The third-order valence-electron chi connectivity index (χ3n) is 4.44. The molecule has 2 heterocycles. The van der Waals surface area contributed by atoms with Gasteiger partial charge < -0.3 is 19.9 Å². The van der Waals surface area contributed by atoms with Crippen molar-refractivity contribution in [3.05, 3.63) is 29.3 Å². The van der Waals surface area contributed by atoms with E-state index in [0.29, 0.717) is 12.8 Å². The number of rotatable bonds is 4. The van der Waals surface area contributed by atoms with Crippen molar-refractivity contribution in [2.24, 2.45) is 0 Å². The van der Waals surface area contributed by atoms with E-state index < -0.39 is 0 Å². The van der Waals surface area contributed by atoms with Crippen LogP contribution in [0.4, 0.5) is 0 Å². The Bertz CT molecular complexity index is 680. The van der Waals surface area contributed by atoms with E-state index in [0.717, 1.165) is 60.0 Å². The molecule has 2 N–H and O–H groups in total. The number of aliphatic hydroxyl groups excluding tert-OH is 1. The third-order valence-corrected chi connectivity index (χ3v) is 5.38. The van der Waals surface area contributed by atoms with Crippen molar-refractivity contribution in [3.8, 4) is 22.1 Å². The van der Waals surface area contributed by atoms with Crippen molar-refractivity contribution in [1.29, 1.82) is 0 Å². The molecule has 0 amide bonds. The summed E-state index contributed by atoms with van der Waals surface area (Å²) in [5.74, 6) is 1.59. The van der Waals surface area contributed by atoms with Crippen LogP contribution in [0.25, 0.3) is 10.6 Å². The minimum atomic E-state index is -0.107. The van der Waals surface area contributed by atoms with Gasteiger partial charge in [-0.15, -0.1) is 11.3 Å². The molecule has 1 saturated carbocycles. The fourth-order valence-electron chi connectivity index (χ4n) is 3.08. The van der Waals surface area contributed by atoms with Crippen LogP contribution in [0.1, 0.15) is 31.4 Å². The van der Waals surface area contributed by atoms with E-state index in [1.165, 1.54) is 0 Å². The maximum Gasteiger partial charge on any atom is 0.231 e. The molecule has 2 aliphatic rings. The molecule has 122 valence electrons. The molecule has 0 spiro atoms. The number of benzene rings is 1. The summed E-state index contributed by atoms with van der Waals surface area (Å²) in [5, 5.41) is 16.2. The second kappa shape index (κ2) is 6.47. The molecule has 1 fully saturated rings. The van der Waals surface area contributed by atoms with Crippen molar-refractivity contribution in [1.82, 2.24) is 10.3 Å². The molecular weight excluding hydrogens is 312 g/mol. The zero-order chi connectivity index (χ0) is 15.6. The summed E-state index contributed by atoms with van der Waals surface area (Å²) in [7, 11) is 0. The molecule has 0 saturated heterocycles. The maximum atomic E-state index is 9.55. The van der Waals surface area contributed by atoms with Gasteiger partial charge in [-0.1, -0.05) is 0 Å². The predicted octanol–water partition coefficient (Wildman–Crippen LogP) is 2.93. The minimum absolute atomic E-state index is 0.107. The zero-order valence-corrected chi connectivity index (χ0v) is 13.6. The van der Waals surface area contributed by atoms with Crippen LogP contribution in [0.2, 0.25) is 0 Å². The molecule has 0 radical (unpaired) electrons. The molecule has 4 rings (SSSR count). The van der Waals surface area contributed by atoms with E-state index >= 15 is 0 Å². The SMILES string of the molecule is OC1CCC(NCc2csc(-c3ccc4c(c3)OCO4)n2)CC1. The lowest BCUT2D eigenvalue weighted by molar-refractivity contribution is 0.116. The lowest BCUT2D eigenvalue weighted by atomic mass is 9.93. The largest absolute Gasteiger partial charge is 0.454 e. The first-order chi connectivity index (χ1) is 11.3. The Kier molecular flexibility index (Phi) is 4.20. The van der Waals surface area contributed by atoms with Gasteiger partial charge in [0.25, 0.3) is 0 Å². The van der Waals surface area contributed by atoms with Gasteiger partial charge in [-0.3, -0.25) is 0 Å². The van der Waals surface area contributed by atoms with Crippen LogP contribution in [0, 0.1) is 0 Å². The number of hydrogen-bond acceptors (Lipinski definition) is 6. The fraction of sp³-hybridized carbons (Fsp3) is 0.471. The summed E-state index contributed by atoms with van der Waals surface area (Å²) in [5.41, 5.74) is 2.13. The number of thiazole rings is 1. The van der Waals surface area contributed by atoms with Crippen molar-refractivity contribution < 1.29 is 14.6 Å². The molecule has 2 aromatic rings. The summed E-state index contributed by atoms with van der Waals surface area (Å²) < 4.78 is 10.8. The quantitative estimate of drug-likeness (QED) is 0.901. The molecule has 1 aliphatic heterocycles. The Morgan fingerprint density at radius 1 is 1.17 bits per heavy atom. The normalized spacial score (nSPS) is 23.2. The first-order valence-electron chi connectivity index (χ1n) is 8.04. The highest BCUT2D eigenvalue weighted by molar-refractivity contribution is 7.13. The zero-order valence-electron chi connectivity index (χ0n) is 12.8. The summed E-state index contributed by atoms with van der Waals surface area (Å²) in [6.45, 7) is 1.07. The van der Waals surface area contributed by atoms with E-state index in [1.54, 1.807) is 11.3 Å². The Morgan fingerprint density at radius 2 is 2.00 bits per heavy atom. The van der Waals surface area contributed by atoms with Crippen LogP contribution >= 0.6 is 11.3 Å². The number of aliphatic hydroxyl groups is 1. The molecular formula is C17H20N2O3S. The summed E-state index contributed by atoms with van der Waals surface area (Å²) >= 11 is 1.65. The number of ether oxygens (including phenoxy) is 2. The average Bonchev–Trinajstić information content (AvgIpc) is 3.22. The van der Waals surface area contributed by atoms with Crippen molar-refractivity contribution >= 4 is 11.3 Å². The lowest BCUT2D eigenvalue weighted by Crippen LogP contribution is -2.34. The van der Waals surface area contributed by atoms with E-state index in [9.17, 15) is 5.11 Å². The summed E-state index contributed by atoms with van der Waals surface area (Å²) in [4.78, 5) is 4.72. The predicted molar refractivity (Wildman–Crippen MR) is 88.8 cm³/mol. The molecule has 0 unspecified atom stereocenters. The first-order valence-corrected chi connectivity index (χ1v) is 8.92. The Labute approximate surface area is 139 Å². The molecule has 0 atom stereocenters. The van der Waals surface area contributed by atoms with Crippen LogP contribution in [-0.4, -0.2) is 29.0 Å². The van der Waals surface area contributed by atoms with Crippen LogP contribution in [0.5, 0.6) is 11.5 Å². The topological polar surface area (TPSA) is 63.6 Å². The van der Waals surface area contributed by atoms with Gasteiger partial charge in [-0.05, 0) is 43.9 Å². The maximum absolute atomic E-state index is 9.55. The molecule has 1 aliphatic carbocycles. The van der Waals surface area contributed by atoms with Gasteiger partial charge in [0.1, 0.15) is 5.01 Å². The van der Waals surface area contributed by atoms with Gasteiger partial charge in [0, 0.05) is 23.5 Å². The number of nitrogens with one attached hydrogen (secondary N) is 1. The van der Waals surface area contributed by atoms with Crippen LogP contribution in [-0.2, 0) is 6.54 Å². The van der Waals surface area contributed by atoms with Gasteiger partial charge in [-0.25, -0.2) is 4.98 Å². The second-order valence-electron chi connectivity index (χ2n) is 6.10. The lowest BCUT2D eigenvalue weighted by Gasteiger charge is -2.25. The van der Waals surface area contributed by atoms with Gasteiger partial charge in [0.15, 0.2) is 11.5 Å². The van der Waals surface area contributed by atoms with Crippen LogP contribution < -0.4 is 14.8 Å². The van der Waals surface area contributed by atoms with E-state index in [1.807, 2.05) is 18.2 Å². The van der Waals surface area contributed by atoms with Crippen molar-refractivity contribution in [2.45, 2.75) is 44.4 Å². The Balaban J connectivity index is 1.39. The third kappa shape index (κ3) is 3.34. The highest BCUT2D eigenvalue weighted by Crippen LogP contribution is 2.36. The summed E-state index contributed by atoms with van der Waals surface area (Å²) in [6, 6.07) is 6.44. The molecule has 0 bridgehead atoms. The van der Waals surface area contributed by atoms with Gasteiger partial charge in [0.2, 0.25) is 6.79 Å². The van der Waals surface area contributed by atoms with Gasteiger partial charge >= 0.3 is 0 Å². The fourth-order valence-corrected chi connectivity index (χ4v) is 3.90. The molecule has 1 aromatic heterocycles. The number of fused-ring (bicyclic) bond motifs is 1. The first kappa shape index (κ1) is 14.9. The van der Waals surface area contributed by atoms with E-state index in [2.05, 4.69) is 10.7 Å². The molecule has 1 aromatic carbocycles. The van der Waals surface area contributed by atoms with E-state index in [-0.39, 0.29) is 6.10 Å². The van der Waals surface area contributed by atoms with Crippen LogP contribution in [0.3, 0.4) is 0 Å². The standard InChI is InChI=1S/C17H20N2O3S/c20-14-4-2-12(3-5-14)18-8-13-9-23-17(19-13)11-1-6-15-16(7-11)22-10-21-15/h1,6-7,9,12,14,18,20H,2-5,8,10H2.